The Kier molecular flexibility index (Phi) is 3.64. The van der Waals surface area contributed by atoms with Gasteiger partial charge < -0.3 is 4.90 Å². The van der Waals surface area contributed by atoms with Crippen molar-refractivity contribution in [2.75, 3.05) is 13.1 Å². The minimum absolute atomic E-state index is 0.0220. The number of amides is 1. The number of aryl methyl sites for hydroxylation is 1. The predicted molar refractivity (Wildman–Crippen MR) is 89.5 cm³/mol. The van der Waals surface area contributed by atoms with Gasteiger partial charge in [0.15, 0.2) is 0 Å². The maximum absolute atomic E-state index is 12.6. The van der Waals surface area contributed by atoms with Gasteiger partial charge in [0.2, 0.25) is 0 Å². The summed E-state index contributed by atoms with van der Waals surface area (Å²) in [5.74, 6) is 0.974. The molecule has 1 amide bonds. The fourth-order valence-corrected chi connectivity index (χ4v) is 4.40. The van der Waals surface area contributed by atoms with Crippen molar-refractivity contribution in [3.8, 4) is 0 Å². The Morgan fingerprint density at radius 2 is 2.17 bits per heavy atom. The molecule has 2 aliphatic rings. The lowest BCUT2D eigenvalue weighted by Gasteiger charge is -2.33. The Balaban J connectivity index is 1.68. The Morgan fingerprint density at radius 1 is 1.33 bits per heavy atom. The molecule has 4 heterocycles. The molecular formula is C16H18N4O3S. The summed E-state index contributed by atoms with van der Waals surface area (Å²) < 4.78 is 2.75. The molecule has 2 aromatic rings. The number of rotatable bonds is 2. The molecule has 7 nitrogen and oxygen atoms in total. The van der Waals surface area contributed by atoms with Gasteiger partial charge in [0.25, 0.3) is 5.91 Å². The summed E-state index contributed by atoms with van der Waals surface area (Å²) in [6.45, 7) is 3.93. The number of hydrogen-bond acceptors (Lipinski definition) is 5. The van der Waals surface area contributed by atoms with Crippen LogP contribution in [-0.4, -0.2) is 38.2 Å². The van der Waals surface area contributed by atoms with Gasteiger partial charge in [0, 0.05) is 32.1 Å². The van der Waals surface area contributed by atoms with Crippen molar-refractivity contribution in [1.82, 2.24) is 19.2 Å². The molecule has 0 spiro atoms. The van der Waals surface area contributed by atoms with Gasteiger partial charge in [-0.15, -0.1) is 11.3 Å². The molecule has 24 heavy (non-hydrogen) atoms. The second kappa shape index (κ2) is 5.70. The van der Waals surface area contributed by atoms with Crippen LogP contribution in [0.5, 0.6) is 0 Å². The van der Waals surface area contributed by atoms with Crippen molar-refractivity contribution in [3.05, 3.63) is 48.9 Å². The normalized spacial score (nSPS) is 22.3. The van der Waals surface area contributed by atoms with Crippen LogP contribution in [0.1, 0.15) is 34.8 Å². The van der Waals surface area contributed by atoms with E-state index in [2.05, 4.69) is 5.10 Å². The van der Waals surface area contributed by atoms with Crippen LogP contribution in [0, 0.1) is 5.92 Å². The fourth-order valence-electron chi connectivity index (χ4n) is 3.70. The second-order valence-corrected chi connectivity index (χ2v) is 7.23. The van der Waals surface area contributed by atoms with Crippen molar-refractivity contribution < 1.29 is 4.79 Å². The molecule has 126 valence electrons. The maximum atomic E-state index is 12.6. The van der Waals surface area contributed by atoms with Crippen molar-refractivity contribution in [1.29, 1.82) is 0 Å². The quantitative estimate of drug-likeness (QED) is 0.752. The standard InChI is InChI=1S/C16H18N4O3S/c1-2-20-16(23)15(22)19-8-10-5-6-18(9-11(10)13(19)17-20)14(21)12-4-3-7-24-12/h3-4,7,10-11H,2,5-6,8-9H2,1H3/t10-,11-/m1/s1. The van der Waals surface area contributed by atoms with Crippen LogP contribution in [0.3, 0.4) is 0 Å². The molecule has 0 aliphatic carbocycles. The Morgan fingerprint density at radius 3 is 2.88 bits per heavy atom. The van der Waals surface area contributed by atoms with Gasteiger partial charge in [-0.3, -0.25) is 19.0 Å². The lowest BCUT2D eigenvalue weighted by Crippen LogP contribution is -2.44. The first-order valence-corrected chi connectivity index (χ1v) is 9.02. The first-order chi connectivity index (χ1) is 11.6. The van der Waals surface area contributed by atoms with Crippen molar-refractivity contribution in [2.45, 2.75) is 32.4 Å². The first kappa shape index (κ1) is 15.3. The summed E-state index contributed by atoms with van der Waals surface area (Å²) in [4.78, 5) is 39.5. The number of hydrogen-bond donors (Lipinski definition) is 0. The number of aromatic nitrogens is 3. The molecule has 2 aliphatic heterocycles. The molecule has 1 fully saturated rings. The SMILES string of the molecule is CCn1nc2n(c(=O)c1=O)C[C@H]1CCN(C(=O)c3cccs3)C[C@@H]21. The average molecular weight is 346 g/mol. The molecule has 0 bridgehead atoms. The highest BCUT2D eigenvalue weighted by Gasteiger charge is 2.41. The third-order valence-electron chi connectivity index (χ3n) is 4.99. The minimum Gasteiger partial charge on any atom is -0.337 e. The zero-order valence-corrected chi connectivity index (χ0v) is 14.2. The number of nitrogens with zero attached hydrogens (tertiary/aromatic N) is 4. The summed E-state index contributed by atoms with van der Waals surface area (Å²) in [5.41, 5.74) is -1.06. The monoisotopic (exact) mass is 346 g/mol. The summed E-state index contributed by atoms with van der Waals surface area (Å²) in [6, 6.07) is 3.70. The number of likely N-dealkylation sites (tertiary alicyclic amines) is 1. The molecule has 0 N–H and O–H groups in total. The van der Waals surface area contributed by atoms with Crippen molar-refractivity contribution in [3.63, 3.8) is 0 Å². The van der Waals surface area contributed by atoms with Gasteiger partial charge in [0.1, 0.15) is 5.82 Å². The van der Waals surface area contributed by atoms with Crippen LogP contribution in [0.15, 0.2) is 27.1 Å². The van der Waals surface area contributed by atoms with E-state index in [1.165, 1.54) is 20.6 Å². The van der Waals surface area contributed by atoms with Gasteiger partial charge >= 0.3 is 11.1 Å². The topological polar surface area (TPSA) is 77.2 Å². The van der Waals surface area contributed by atoms with Gasteiger partial charge in [-0.1, -0.05) is 6.07 Å². The molecular weight excluding hydrogens is 328 g/mol. The van der Waals surface area contributed by atoms with Gasteiger partial charge in [-0.25, -0.2) is 4.68 Å². The van der Waals surface area contributed by atoms with E-state index >= 15 is 0 Å². The van der Waals surface area contributed by atoms with Crippen LogP contribution >= 0.6 is 11.3 Å². The predicted octanol–water partition coefficient (Wildman–Crippen LogP) is 0.746. The average Bonchev–Trinajstić information content (AvgIpc) is 3.24. The summed E-state index contributed by atoms with van der Waals surface area (Å²) in [7, 11) is 0. The number of fused-ring (bicyclic) bond motifs is 3. The van der Waals surface area contributed by atoms with E-state index in [4.69, 9.17) is 0 Å². The third kappa shape index (κ3) is 2.24. The zero-order valence-electron chi connectivity index (χ0n) is 13.3. The molecule has 0 aromatic carbocycles. The summed E-state index contributed by atoms with van der Waals surface area (Å²) in [6.07, 6.45) is 0.824. The van der Waals surface area contributed by atoms with E-state index in [1.54, 1.807) is 6.92 Å². The number of thiophene rings is 1. The highest BCUT2D eigenvalue weighted by atomic mass is 32.1. The largest absolute Gasteiger partial charge is 0.337 e. The lowest BCUT2D eigenvalue weighted by atomic mass is 9.87. The highest BCUT2D eigenvalue weighted by molar-refractivity contribution is 7.12. The van der Waals surface area contributed by atoms with E-state index < -0.39 is 11.1 Å². The molecule has 0 saturated carbocycles. The van der Waals surface area contributed by atoms with Gasteiger partial charge in [-0.05, 0) is 30.7 Å². The fraction of sp³-hybridized carbons (Fsp3) is 0.500. The number of carbonyl (C=O) groups is 1. The van der Waals surface area contributed by atoms with Gasteiger partial charge in [0.05, 0.1) is 4.88 Å². The first-order valence-electron chi connectivity index (χ1n) is 8.14. The Labute approximate surface area is 142 Å². The number of piperidine rings is 1. The van der Waals surface area contributed by atoms with Crippen LogP contribution in [0.4, 0.5) is 0 Å². The van der Waals surface area contributed by atoms with Crippen molar-refractivity contribution >= 4 is 17.2 Å². The maximum Gasteiger partial charge on any atom is 0.332 e. The third-order valence-corrected chi connectivity index (χ3v) is 5.84. The van der Waals surface area contributed by atoms with E-state index in [-0.39, 0.29) is 17.7 Å². The van der Waals surface area contributed by atoms with Crippen LogP contribution in [0.2, 0.25) is 0 Å². The smallest absolute Gasteiger partial charge is 0.332 e. The van der Waals surface area contributed by atoms with E-state index in [0.717, 1.165) is 11.3 Å². The zero-order chi connectivity index (χ0) is 16.8. The molecule has 8 heteroatoms. The van der Waals surface area contributed by atoms with Crippen molar-refractivity contribution in [2.24, 2.45) is 5.92 Å². The molecule has 1 saturated heterocycles. The minimum atomic E-state index is -0.564. The molecule has 2 aromatic heterocycles. The van der Waals surface area contributed by atoms with Crippen LogP contribution in [-0.2, 0) is 13.1 Å². The molecule has 0 unspecified atom stereocenters. The summed E-state index contributed by atoms with van der Waals surface area (Å²) in [5, 5.41) is 6.30. The van der Waals surface area contributed by atoms with E-state index in [1.807, 2.05) is 22.4 Å². The Hall–Kier alpha value is -2.22. The second-order valence-electron chi connectivity index (χ2n) is 6.28. The van der Waals surface area contributed by atoms with Crippen LogP contribution in [0.25, 0.3) is 0 Å². The number of carbonyl (C=O) groups excluding carboxylic acids is 1. The lowest BCUT2D eigenvalue weighted by molar-refractivity contribution is 0.0672. The molecule has 4 rings (SSSR count). The highest BCUT2D eigenvalue weighted by Crippen LogP contribution is 2.37. The molecule has 0 radical (unpaired) electrons. The van der Waals surface area contributed by atoms with E-state index in [0.29, 0.717) is 32.0 Å². The van der Waals surface area contributed by atoms with Crippen LogP contribution < -0.4 is 11.1 Å². The Bertz CT molecular complexity index is 899. The van der Waals surface area contributed by atoms with Gasteiger partial charge in [-0.2, -0.15) is 5.10 Å². The summed E-state index contributed by atoms with van der Waals surface area (Å²) >= 11 is 1.44. The molecule has 2 atom stereocenters. The van der Waals surface area contributed by atoms with E-state index in [9.17, 15) is 14.4 Å².